The third-order valence-corrected chi connectivity index (χ3v) is 5.02. The molecule has 3 rings (SSSR count). The van der Waals surface area contributed by atoms with E-state index in [0.29, 0.717) is 5.92 Å². The van der Waals surface area contributed by atoms with Gasteiger partial charge in [0.2, 0.25) is 0 Å². The number of nitrogens with zero attached hydrogens (tertiary/aromatic N) is 4. The zero-order valence-corrected chi connectivity index (χ0v) is 12.0. The second-order valence-corrected chi connectivity index (χ2v) is 6.19. The highest BCUT2D eigenvalue weighted by atomic mass is 35.5. The number of hydrogen-bond acceptors (Lipinski definition) is 5. The van der Waals surface area contributed by atoms with E-state index in [0.717, 1.165) is 41.2 Å². The smallest absolute Gasteiger partial charge is 0.149 e. The van der Waals surface area contributed by atoms with Gasteiger partial charge in [-0.15, -0.1) is 11.6 Å². The molecule has 0 N–H and O–H groups in total. The summed E-state index contributed by atoms with van der Waals surface area (Å²) in [6.07, 6.45) is 2.64. The second-order valence-electron chi connectivity index (χ2n) is 4.87. The third-order valence-electron chi connectivity index (χ3n) is 3.52. The van der Waals surface area contributed by atoms with Gasteiger partial charge in [0.15, 0.2) is 0 Å². The lowest BCUT2D eigenvalue weighted by atomic mass is 9.99. The van der Waals surface area contributed by atoms with Crippen molar-refractivity contribution in [3.8, 4) is 0 Å². The van der Waals surface area contributed by atoms with Crippen LogP contribution in [0.1, 0.15) is 19.0 Å². The Balaban J connectivity index is 2.01. The molecule has 1 fully saturated rings. The van der Waals surface area contributed by atoms with Crippen LogP contribution in [0, 0.1) is 12.8 Å². The van der Waals surface area contributed by atoms with Crippen molar-refractivity contribution < 1.29 is 0 Å². The highest BCUT2D eigenvalue weighted by Gasteiger charge is 2.26. The van der Waals surface area contributed by atoms with Crippen LogP contribution in [-0.2, 0) is 0 Å². The Kier molecular flexibility index (Phi) is 3.11. The molecule has 0 aromatic carbocycles. The van der Waals surface area contributed by atoms with Crippen LogP contribution in [0.4, 0.5) is 5.82 Å². The van der Waals surface area contributed by atoms with Crippen LogP contribution < -0.4 is 4.90 Å². The maximum atomic E-state index is 6.28. The van der Waals surface area contributed by atoms with Crippen molar-refractivity contribution in [2.45, 2.75) is 25.6 Å². The van der Waals surface area contributed by atoms with Gasteiger partial charge in [-0.05, 0) is 30.8 Å². The molecule has 4 nitrogen and oxygen atoms in total. The minimum absolute atomic E-state index is 0.278. The first kappa shape index (κ1) is 12.1. The predicted octanol–water partition coefficient (Wildman–Crippen LogP) is 2.85. The molecule has 1 aliphatic rings. The van der Waals surface area contributed by atoms with Gasteiger partial charge in [-0.2, -0.15) is 4.37 Å². The minimum Gasteiger partial charge on any atom is -0.356 e. The molecule has 1 aliphatic heterocycles. The van der Waals surface area contributed by atoms with E-state index in [4.69, 9.17) is 11.6 Å². The van der Waals surface area contributed by atoms with Gasteiger partial charge in [-0.1, -0.05) is 6.92 Å². The van der Waals surface area contributed by atoms with E-state index in [1.807, 2.05) is 6.92 Å². The molecule has 0 saturated carbocycles. The van der Waals surface area contributed by atoms with Crippen LogP contribution >= 0.6 is 23.1 Å². The SMILES string of the molecule is Cc1nsc2ncnc(N3CCC(Cl)C(C)C3)c12. The molecule has 1 saturated heterocycles. The Labute approximate surface area is 115 Å². The quantitative estimate of drug-likeness (QED) is 0.754. The first-order valence-electron chi connectivity index (χ1n) is 6.13. The number of aromatic nitrogens is 3. The second kappa shape index (κ2) is 4.63. The van der Waals surface area contributed by atoms with Crippen molar-refractivity contribution in [2.24, 2.45) is 5.92 Å². The summed E-state index contributed by atoms with van der Waals surface area (Å²) in [4.78, 5) is 12.0. The van der Waals surface area contributed by atoms with Gasteiger partial charge < -0.3 is 4.90 Å². The molecular formula is C12H15ClN4S. The van der Waals surface area contributed by atoms with E-state index in [-0.39, 0.29) is 5.38 Å². The Morgan fingerprint density at radius 2 is 2.28 bits per heavy atom. The van der Waals surface area contributed by atoms with E-state index in [2.05, 4.69) is 26.2 Å². The molecule has 2 aromatic heterocycles. The number of halogens is 1. The molecule has 2 aromatic rings. The van der Waals surface area contributed by atoms with Crippen LogP contribution in [0.2, 0.25) is 0 Å². The van der Waals surface area contributed by atoms with Crippen molar-refractivity contribution in [1.82, 2.24) is 14.3 Å². The number of anilines is 1. The number of fused-ring (bicyclic) bond motifs is 1. The first-order chi connectivity index (χ1) is 8.66. The van der Waals surface area contributed by atoms with E-state index in [9.17, 15) is 0 Å². The maximum absolute atomic E-state index is 6.28. The van der Waals surface area contributed by atoms with Gasteiger partial charge in [-0.25, -0.2) is 9.97 Å². The largest absolute Gasteiger partial charge is 0.356 e. The van der Waals surface area contributed by atoms with E-state index in [1.54, 1.807) is 6.33 Å². The average molecular weight is 283 g/mol. The fourth-order valence-corrected chi connectivity index (χ4v) is 3.37. The molecule has 0 spiro atoms. The Hall–Kier alpha value is -0.940. The van der Waals surface area contributed by atoms with E-state index < -0.39 is 0 Å². The fourth-order valence-electron chi connectivity index (χ4n) is 2.45. The summed E-state index contributed by atoms with van der Waals surface area (Å²) in [7, 11) is 0. The van der Waals surface area contributed by atoms with E-state index in [1.165, 1.54) is 11.5 Å². The van der Waals surface area contributed by atoms with Crippen LogP contribution in [0.15, 0.2) is 6.33 Å². The first-order valence-corrected chi connectivity index (χ1v) is 7.34. The van der Waals surface area contributed by atoms with Gasteiger partial charge in [-0.3, -0.25) is 0 Å². The van der Waals surface area contributed by atoms with Crippen LogP contribution in [0.5, 0.6) is 0 Å². The summed E-state index contributed by atoms with van der Waals surface area (Å²) in [6.45, 7) is 6.12. The summed E-state index contributed by atoms with van der Waals surface area (Å²) >= 11 is 7.72. The predicted molar refractivity (Wildman–Crippen MR) is 75.6 cm³/mol. The Morgan fingerprint density at radius 1 is 1.44 bits per heavy atom. The van der Waals surface area contributed by atoms with Gasteiger partial charge in [0, 0.05) is 18.5 Å². The van der Waals surface area contributed by atoms with Crippen molar-refractivity contribution in [3.63, 3.8) is 0 Å². The normalized spacial score (nSPS) is 24.7. The van der Waals surface area contributed by atoms with Crippen LogP contribution in [-0.4, -0.2) is 32.8 Å². The number of alkyl halides is 1. The molecule has 2 unspecified atom stereocenters. The lowest BCUT2D eigenvalue weighted by Crippen LogP contribution is -2.40. The maximum Gasteiger partial charge on any atom is 0.149 e. The van der Waals surface area contributed by atoms with E-state index >= 15 is 0 Å². The molecule has 0 radical (unpaired) electrons. The molecule has 0 amide bonds. The summed E-state index contributed by atoms with van der Waals surface area (Å²) in [5, 5.41) is 1.38. The molecule has 0 bridgehead atoms. The summed E-state index contributed by atoms with van der Waals surface area (Å²) in [6, 6.07) is 0. The van der Waals surface area contributed by atoms with Gasteiger partial charge >= 0.3 is 0 Å². The fraction of sp³-hybridized carbons (Fsp3) is 0.583. The lowest BCUT2D eigenvalue weighted by Gasteiger charge is -2.35. The minimum atomic E-state index is 0.278. The summed E-state index contributed by atoms with van der Waals surface area (Å²) in [5.41, 5.74) is 1.02. The number of aryl methyl sites for hydroxylation is 1. The van der Waals surface area contributed by atoms with Gasteiger partial charge in [0.05, 0.1) is 11.1 Å². The molecular weight excluding hydrogens is 268 g/mol. The zero-order chi connectivity index (χ0) is 12.7. The van der Waals surface area contributed by atoms with Crippen molar-refractivity contribution >= 4 is 39.2 Å². The van der Waals surface area contributed by atoms with Crippen LogP contribution in [0.3, 0.4) is 0 Å². The molecule has 0 aliphatic carbocycles. The average Bonchev–Trinajstić information content (AvgIpc) is 2.75. The summed E-state index contributed by atoms with van der Waals surface area (Å²) < 4.78 is 4.37. The summed E-state index contributed by atoms with van der Waals surface area (Å²) in [5.74, 6) is 1.50. The zero-order valence-electron chi connectivity index (χ0n) is 10.4. The lowest BCUT2D eigenvalue weighted by molar-refractivity contribution is 0.453. The molecule has 18 heavy (non-hydrogen) atoms. The topological polar surface area (TPSA) is 41.9 Å². The monoisotopic (exact) mass is 282 g/mol. The number of hydrogen-bond donors (Lipinski definition) is 0. The Morgan fingerprint density at radius 3 is 3.06 bits per heavy atom. The van der Waals surface area contributed by atoms with Crippen molar-refractivity contribution in [3.05, 3.63) is 12.0 Å². The van der Waals surface area contributed by atoms with Gasteiger partial charge in [0.1, 0.15) is 17.0 Å². The van der Waals surface area contributed by atoms with Crippen LogP contribution in [0.25, 0.3) is 10.2 Å². The molecule has 6 heteroatoms. The standard InChI is InChI=1S/C12H15ClN4S/c1-7-5-17(4-3-9(7)13)11-10-8(2)16-18-12(10)15-6-14-11/h6-7,9H,3-5H2,1-2H3. The van der Waals surface area contributed by atoms with Crippen molar-refractivity contribution in [1.29, 1.82) is 0 Å². The highest BCUT2D eigenvalue weighted by molar-refractivity contribution is 7.13. The number of rotatable bonds is 1. The van der Waals surface area contributed by atoms with Crippen molar-refractivity contribution in [2.75, 3.05) is 18.0 Å². The Bertz CT molecular complexity index is 570. The highest BCUT2D eigenvalue weighted by Crippen LogP contribution is 2.32. The van der Waals surface area contributed by atoms with Gasteiger partial charge in [0.25, 0.3) is 0 Å². The molecule has 96 valence electrons. The molecule has 2 atom stereocenters. The molecule has 3 heterocycles. The number of piperidine rings is 1. The third kappa shape index (κ3) is 1.95.